The van der Waals surface area contributed by atoms with E-state index < -0.39 is 0 Å². The highest BCUT2D eigenvalue weighted by Gasteiger charge is 2.09. The van der Waals surface area contributed by atoms with E-state index in [1.807, 2.05) is 38.1 Å². The molecule has 1 amide bonds. The van der Waals surface area contributed by atoms with E-state index in [2.05, 4.69) is 57.3 Å². The molecule has 0 unspecified atom stereocenters. The Balaban J connectivity index is 1.87. The maximum absolute atomic E-state index is 12.0. The van der Waals surface area contributed by atoms with Gasteiger partial charge in [0.25, 0.3) is 5.91 Å². The Labute approximate surface area is 182 Å². The molecule has 0 aliphatic rings. The van der Waals surface area contributed by atoms with Crippen molar-refractivity contribution in [1.82, 2.24) is 5.43 Å². The summed E-state index contributed by atoms with van der Waals surface area (Å²) in [7, 11) is 0. The van der Waals surface area contributed by atoms with Crippen molar-refractivity contribution in [3.63, 3.8) is 0 Å². The molecule has 2 rings (SSSR count). The molecule has 0 fully saturated rings. The monoisotopic (exact) mass is 459 g/mol. The second-order valence-electron chi connectivity index (χ2n) is 7.05. The second-order valence-corrected chi connectivity index (χ2v) is 7.91. The van der Waals surface area contributed by atoms with Crippen molar-refractivity contribution < 1.29 is 9.53 Å². The fourth-order valence-corrected chi connectivity index (χ4v) is 3.90. The van der Waals surface area contributed by atoms with E-state index in [1.165, 1.54) is 5.69 Å². The van der Waals surface area contributed by atoms with Crippen molar-refractivity contribution in [1.29, 1.82) is 0 Å². The van der Waals surface area contributed by atoms with E-state index in [9.17, 15) is 4.79 Å². The number of hydrogen-bond acceptors (Lipinski definition) is 4. The molecule has 0 radical (unpaired) electrons. The zero-order valence-corrected chi connectivity index (χ0v) is 19.3. The Kier molecular flexibility index (Phi) is 9.19. The zero-order valence-electron chi connectivity index (χ0n) is 17.7. The molecule has 0 aliphatic carbocycles. The first-order valence-electron chi connectivity index (χ1n) is 10.0. The van der Waals surface area contributed by atoms with Crippen LogP contribution in [0.1, 0.15) is 43.4 Å². The third-order valence-corrected chi connectivity index (χ3v) is 4.96. The molecule has 29 heavy (non-hydrogen) atoms. The molecule has 0 aromatic heterocycles. The van der Waals surface area contributed by atoms with Crippen LogP contribution in [-0.4, -0.2) is 31.8 Å². The lowest BCUT2D eigenvalue weighted by Gasteiger charge is -2.23. The molecule has 156 valence electrons. The van der Waals surface area contributed by atoms with Crippen LogP contribution in [0, 0.1) is 13.8 Å². The van der Waals surface area contributed by atoms with Gasteiger partial charge in [0.2, 0.25) is 0 Å². The minimum absolute atomic E-state index is 0.0955. The number of hydrogen-bond donors (Lipinski definition) is 1. The Morgan fingerprint density at radius 3 is 2.38 bits per heavy atom. The number of amides is 1. The summed E-state index contributed by atoms with van der Waals surface area (Å²) in [4.78, 5) is 14.4. The van der Waals surface area contributed by atoms with Crippen LogP contribution < -0.4 is 15.1 Å². The smallest absolute Gasteiger partial charge is 0.277 e. The number of nitrogens with one attached hydrogen (secondary N) is 1. The van der Waals surface area contributed by atoms with Crippen LogP contribution in [0.5, 0.6) is 5.75 Å². The number of rotatable bonds is 10. The molecule has 0 bridgehead atoms. The Hall–Kier alpha value is -2.34. The number of carbonyl (C=O) groups excluding carboxylic acids is 1. The molecule has 5 nitrogen and oxygen atoms in total. The van der Waals surface area contributed by atoms with E-state index in [4.69, 9.17) is 4.74 Å². The summed E-state index contributed by atoms with van der Waals surface area (Å²) in [5.41, 5.74) is 6.76. The third-order valence-electron chi connectivity index (χ3n) is 4.37. The van der Waals surface area contributed by atoms with Gasteiger partial charge in [-0.3, -0.25) is 4.79 Å². The largest absolute Gasteiger partial charge is 0.482 e. The van der Waals surface area contributed by atoms with Crippen LogP contribution in [0.3, 0.4) is 0 Å². The molecule has 0 saturated carbocycles. The first-order chi connectivity index (χ1) is 13.9. The highest BCUT2D eigenvalue weighted by molar-refractivity contribution is 9.10. The number of carbonyl (C=O) groups is 1. The average molecular weight is 460 g/mol. The molecule has 6 heteroatoms. The molecular weight excluding hydrogens is 430 g/mol. The van der Waals surface area contributed by atoms with Crippen molar-refractivity contribution in [2.24, 2.45) is 5.10 Å². The van der Waals surface area contributed by atoms with Crippen LogP contribution in [0.25, 0.3) is 0 Å². The molecule has 0 spiro atoms. The van der Waals surface area contributed by atoms with Crippen LogP contribution >= 0.6 is 15.9 Å². The van der Waals surface area contributed by atoms with Gasteiger partial charge in [0.05, 0.1) is 10.7 Å². The minimum atomic E-state index is -0.304. The van der Waals surface area contributed by atoms with Crippen molar-refractivity contribution in [2.45, 2.75) is 40.5 Å². The standard InChI is InChI=1S/C23H30BrN3O2/c1-5-11-27(12-6-2)20-9-7-19(8-10-20)15-25-26-22(28)16-29-23-18(4)13-17(3)14-21(23)24/h7-10,13-15H,5-6,11-12,16H2,1-4H3,(H,26,28). The molecule has 0 heterocycles. The van der Waals surface area contributed by atoms with Crippen LogP contribution in [0.15, 0.2) is 46.0 Å². The van der Waals surface area contributed by atoms with E-state index in [0.29, 0.717) is 5.75 Å². The summed E-state index contributed by atoms with van der Waals surface area (Å²) in [6.07, 6.45) is 3.88. The van der Waals surface area contributed by atoms with Gasteiger partial charge in [-0.2, -0.15) is 5.10 Å². The van der Waals surface area contributed by atoms with Gasteiger partial charge in [0.15, 0.2) is 6.61 Å². The molecule has 0 atom stereocenters. The van der Waals surface area contributed by atoms with Crippen LogP contribution in [-0.2, 0) is 4.79 Å². The van der Waals surface area contributed by atoms with Gasteiger partial charge < -0.3 is 9.64 Å². The third kappa shape index (κ3) is 7.20. The van der Waals surface area contributed by atoms with Crippen LogP contribution in [0.4, 0.5) is 5.69 Å². The topological polar surface area (TPSA) is 53.9 Å². The number of anilines is 1. The second kappa shape index (κ2) is 11.6. The average Bonchev–Trinajstić information content (AvgIpc) is 2.67. The number of hydrazone groups is 1. The number of aryl methyl sites for hydroxylation is 2. The van der Waals surface area contributed by atoms with Gasteiger partial charge in [-0.05, 0) is 77.5 Å². The lowest BCUT2D eigenvalue weighted by molar-refractivity contribution is -0.123. The summed E-state index contributed by atoms with van der Waals surface area (Å²) in [5, 5.41) is 4.03. The molecule has 2 aromatic rings. The predicted molar refractivity (Wildman–Crippen MR) is 124 cm³/mol. The lowest BCUT2D eigenvalue weighted by atomic mass is 10.1. The summed E-state index contributed by atoms with van der Waals surface area (Å²) < 4.78 is 6.48. The fourth-order valence-electron chi connectivity index (χ4n) is 3.12. The normalized spacial score (nSPS) is 10.9. The van der Waals surface area contributed by atoms with Gasteiger partial charge in [0, 0.05) is 18.8 Å². The first-order valence-corrected chi connectivity index (χ1v) is 10.8. The first kappa shape index (κ1) is 22.9. The van der Waals surface area contributed by atoms with Gasteiger partial charge in [-0.15, -0.1) is 0 Å². The Bertz CT molecular complexity index is 806. The maximum Gasteiger partial charge on any atom is 0.277 e. The van der Waals surface area contributed by atoms with E-state index in [0.717, 1.165) is 47.1 Å². The van der Waals surface area contributed by atoms with Crippen molar-refractivity contribution in [3.05, 3.63) is 57.6 Å². The predicted octanol–water partition coefficient (Wildman–Crippen LogP) is 5.22. The molecule has 0 aliphatic heterocycles. The Morgan fingerprint density at radius 2 is 1.79 bits per heavy atom. The quantitative estimate of drug-likeness (QED) is 0.391. The van der Waals surface area contributed by atoms with Crippen molar-refractivity contribution in [3.8, 4) is 5.75 Å². The molecule has 1 N–H and O–H groups in total. The molecular formula is C23H30BrN3O2. The number of benzene rings is 2. The summed E-state index contributed by atoms with van der Waals surface area (Å²) in [6.45, 7) is 10.4. The molecule has 0 saturated heterocycles. The number of nitrogens with zero attached hydrogens (tertiary/aromatic N) is 2. The minimum Gasteiger partial charge on any atom is -0.482 e. The number of halogens is 1. The fraction of sp³-hybridized carbons (Fsp3) is 0.391. The van der Waals surface area contributed by atoms with Crippen LogP contribution in [0.2, 0.25) is 0 Å². The van der Waals surface area contributed by atoms with E-state index in [1.54, 1.807) is 6.21 Å². The van der Waals surface area contributed by atoms with E-state index >= 15 is 0 Å². The Morgan fingerprint density at radius 1 is 1.14 bits per heavy atom. The van der Waals surface area contributed by atoms with Gasteiger partial charge in [0.1, 0.15) is 5.75 Å². The molecule has 2 aromatic carbocycles. The van der Waals surface area contributed by atoms with E-state index in [-0.39, 0.29) is 12.5 Å². The lowest BCUT2D eigenvalue weighted by Crippen LogP contribution is -2.25. The summed E-state index contributed by atoms with van der Waals surface area (Å²) in [5.74, 6) is 0.371. The summed E-state index contributed by atoms with van der Waals surface area (Å²) in [6, 6.07) is 12.2. The summed E-state index contributed by atoms with van der Waals surface area (Å²) >= 11 is 3.48. The van der Waals surface area contributed by atoms with Crippen molar-refractivity contribution >= 4 is 33.7 Å². The zero-order chi connectivity index (χ0) is 21.2. The van der Waals surface area contributed by atoms with Gasteiger partial charge >= 0.3 is 0 Å². The van der Waals surface area contributed by atoms with Crippen molar-refractivity contribution in [2.75, 3.05) is 24.6 Å². The van der Waals surface area contributed by atoms with Gasteiger partial charge in [-0.25, -0.2) is 5.43 Å². The highest BCUT2D eigenvalue weighted by atomic mass is 79.9. The van der Waals surface area contributed by atoms with Gasteiger partial charge in [-0.1, -0.05) is 32.0 Å². The highest BCUT2D eigenvalue weighted by Crippen LogP contribution is 2.30. The SMILES string of the molecule is CCCN(CCC)c1ccc(C=NNC(=O)COc2c(C)cc(C)cc2Br)cc1. The number of ether oxygens (including phenoxy) is 1. The maximum atomic E-state index is 12.0.